The van der Waals surface area contributed by atoms with E-state index in [9.17, 15) is 9.59 Å². The third-order valence-corrected chi connectivity index (χ3v) is 3.43. The van der Waals surface area contributed by atoms with E-state index < -0.39 is 12.0 Å². The van der Waals surface area contributed by atoms with E-state index in [1.807, 2.05) is 24.3 Å². The van der Waals surface area contributed by atoms with Gasteiger partial charge in [0.05, 0.1) is 5.69 Å². The second-order valence-corrected chi connectivity index (χ2v) is 4.96. The number of anilines is 1. The van der Waals surface area contributed by atoms with Crippen LogP contribution in [0.3, 0.4) is 0 Å². The summed E-state index contributed by atoms with van der Waals surface area (Å²) in [4.78, 5) is 26.5. The Labute approximate surface area is 129 Å². The van der Waals surface area contributed by atoms with Crippen molar-refractivity contribution in [1.82, 2.24) is 10.3 Å². The van der Waals surface area contributed by atoms with Crippen molar-refractivity contribution in [2.75, 3.05) is 5.32 Å². The molecule has 108 valence electrons. The van der Waals surface area contributed by atoms with Crippen molar-refractivity contribution in [3.8, 4) is 0 Å². The lowest BCUT2D eigenvalue weighted by Gasteiger charge is -2.10. The zero-order chi connectivity index (χ0) is 15.2. The van der Waals surface area contributed by atoms with E-state index in [0.717, 1.165) is 10.0 Å². The van der Waals surface area contributed by atoms with Crippen LogP contribution >= 0.6 is 15.9 Å². The van der Waals surface area contributed by atoms with Gasteiger partial charge in [0.1, 0.15) is 0 Å². The molecular weight excluding hydrogens is 338 g/mol. The smallest absolute Gasteiger partial charge is 0.356 e. The molecule has 6 nitrogen and oxygen atoms in total. The molecule has 1 heterocycles. The quantitative estimate of drug-likeness (QED) is 0.791. The molecule has 0 radical (unpaired) electrons. The summed E-state index contributed by atoms with van der Waals surface area (Å²) >= 11 is 3.38. The molecule has 2 amide bonds. The van der Waals surface area contributed by atoms with Crippen molar-refractivity contribution in [3.63, 3.8) is 0 Å². The average molecular weight is 350 g/mol. The zero-order valence-electron chi connectivity index (χ0n) is 10.8. The highest BCUT2D eigenvalue weighted by atomic mass is 79.9. The molecule has 0 aliphatic rings. The van der Waals surface area contributed by atoms with Gasteiger partial charge >= 0.3 is 12.0 Å². The number of hydrogen-bond acceptors (Lipinski definition) is 3. The van der Waals surface area contributed by atoms with E-state index in [1.54, 1.807) is 6.07 Å². The molecule has 0 fully saturated rings. The fourth-order valence-electron chi connectivity index (χ4n) is 1.66. The first kappa shape index (κ1) is 15.0. The van der Waals surface area contributed by atoms with Crippen LogP contribution in [0.25, 0.3) is 0 Å². The highest BCUT2D eigenvalue weighted by Crippen LogP contribution is 2.15. The number of carbonyl (C=O) groups excluding carboxylic acids is 1. The number of halogens is 1. The number of aromatic nitrogens is 1. The van der Waals surface area contributed by atoms with Crippen LogP contribution in [0.5, 0.6) is 0 Å². The molecule has 0 aliphatic heterocycles. The van der Waals surface area contributed by atoms with Gasteiger partial charge in [-0.15, -0.1) is 0 Å². The van der Waals surface area contributed by atoms with E-state index >= 15 is 0 Å². The van der Waals surface area contributed by atoms with E-state index in [1.165, 1.54) is 12.3 Å². The van der Waals surface area contributed by atoms with Gasteiger partial charge in [0.2, 0.25) is 0 Å². The molecule has 0 spiro atoms. The van der Waals surface area contributed by atoms with E-state index in [2.05, 4.69) is 31.5 Å². The van der Waals surface area contributed by atoms with Crippen LogP contribution in [0.4, 0.5) is 10.5 Å². The molecule has 0 aliphatic carbocycles. The first-order chi connectivity index (χ1) is 10.1. The Bertz CT molecular complexity index is 676. The number of hydrogen-bond donors (Lipinski definition) is 3. The number of benzene rings is 1. The minimum absolute atomic E-state index is 0.148. The Morgan fingerprint density at radius 3 is 2.67 bits per heavy atom. The molecule has 0 atom stereocenters. The predicted molar refractivity (Wildman–Crippen MR) is 81.2 cm³/mol. The van der Waals surface area contributed by atoms with Crippen molar-refractivity contribution < 1.29 is 14.7 Å². The standard InChI is InChI=1S/C14H12BrN3O3/c15-10-5-2-1-4-9(10)8-17-14(21)18-11-6-3-7-16-12(11)13(19)20/h1-7H,8H2,(H,19,20)(H2,17,18,21). The van der Waals surface area contributed by atoms with Gasteiger partial charge in [-0.3, -0.25) is 0 Å². The van der Waals surface area contributed by atoms with Crippen LogP contribution < -0.4 is 10.6 Å². The third-order valence-electron chi connectivity index (χ3n) is 2.66. The number of urea groups is 1. The largest absolute Gasteiger partial charge is 0.476 e. The number of carboxylic acid groups (broad SMARTS) is 1. The highest BCUT2D eigenvalue weighted by molar-refractivity contribution is 9.10. The zero-order valence-corrected chi connectivity index (χ0v) is 12.4. The lowest BCUT2D eigenvalue weighted by atomic mass is 10.2. The van der Waals surface area contributed by atoms with Crippen molar-refractivity contribution in [2.24, 2.45) is 0 Å². The molecule has 2 rings (SSSR count). The molecular formula is C14H12BrN3O3. The van der Waals surface area contributed by atoms with Gasteiger partial charge in [0, 0.05) is 17.2 Å². The van der Waals surface area contributed by atoms with Crippen molar-refractivity contribution in [3.05, 3.63) is 58.3 Å². The minimum atomic E-state index is -1.20. The molecule has 0 saturated heterocycles. The summed E-state index contributed by atoms with van der Waals surface area (Å²) in [5.74, 6) is -1.20. The fourth-order valence-corrected chi connectivity index (χ4v) is 2.09. The molecule has 2 aromatic rings. The lowest BCUT2D eigenvalue weighted by Crippen LogP contribution is -2.29. The average Bonchev–Trinajstić information content (AvgIpc) is 2.47. The van der Waals surface area contributed by atoms with Gasteiger partial charge in [0.15, 0.2) is 5.69 Å². The summed E-state index contributed by atoms with van der Waals surface area (Å²) in [6, 6.07) is 10.0. The number of pyridine rings is 1. The molecule has 21 heavy (non-hydrogen) atoms. The summed E-state index contributed by atoms with van der Waals surface area (Å²) in [6.45, 7) is 0.315. The number of aromatic carboxylic acids is 1. The summed E-state index contributed by atoms with van der Waals surface area (Å²) in [7, 11) is 0. The lowest BCUT2D eigenvalue weighted by molar-refractivity contribution is 0.0692. The highest BCUT2D eigenvalue weighted by Gasteiger charge is 2.13. The van der Waals surface area contributed by atoms with Gasteiger partial charge in [-0.05, 0) is 23.8 Å². The Balaban J connectivity index is 2.00. The Kier molecular flexibility index (Phi) is 4.89. The molecule has 0 bridgehead atoms. The molecule has 7 heteroatoms. The first-order valence-corrected chi connectivity index (χ1v) is 6.84. The number of amides is 2. The van der Waals surface area contributed by atoms with Gasteiger partial charge in [-0.1, -0.05) is 34.1 Å². The topological polar surface area (TPSA) is 91.3 Å². The van der Waals surface area contributed by atoms with Crippen LogP contribution in [-0.2, 0) is 6.54 Å². The second kappa shape index (κ2) is 6.85. The van der Waals surface area contributed by atoms with Crippen LogP contribution in [-0.4, -0.2) is 22.1 Å². The Morgan fingerprint density at radius 2 is 1.95 bits per heavy atom. The first-order valence-electron chi connectivity index (χ1n) is 6.04. The number of carboxylic acids is 1. The molecule has 0 saturated carbocycles. The van der Waals surface area contributed by atoms with Gasteiger partial charge < -0.3 is 15.7 Å². The molecule has 1 aromatic carbocycles. The van der Waals surface area contributed by atoms with E-state index in [4.69, 9.17) is 5.11 Å². The Hall–Kier alpha value is -2.41. The Morgan fingerprint density at radius 1 is 1.19 bits per heavy atom. The second-order valence-electron chi connectivity index (χ2n) is 4.10. The summed E-state index contributed by atoms with van der Waals surface area (Å²) in [6.07, 6.45) is 1.35. The molecule has 1 aromatic heterocycles. The van der Waals surface area contributed by atoms with Crippen LogP contribution in [0.15, 0.2) is 47.1 Å². The van der Waals surface area contributed by atoms with E-state index in [0.29, 0.717) is 6.54 Å². The summed E-state index contributed by atoms with van der Waals surface area (Å²) in [5, 5.41) is 14.1. The van der Waals surface area contributed by atoms with Gasteiger partial charge in [0.25, 0.3) is 0 Å². The van der Waals surface area contributed by atoms with Gasteiger partial charge in [-0.25, -0.2) is 14.6 Å². The number of nitrogens with one attached hydrogen (secondary N) is 2. The SMILES string of the molecule is O=C(NCc1ccccc1Br)Nc1cccnc1C(=O)O. The van der Waals surface area contributed by atoms with Crippen LogP contribution in [0.1, 0.15) is 16.1 Å². The van der Waals surface area contributed by atoms with Gasteiger partial charge in [-0.2, -0.15) is 0 Å². The summed E-state index contributed by atoms with van der Waals surface area (Å²) < 4.78 is 0.887. The number of rotatable bonds is 4. The monoisotopic (exact) mass is 349 g/mol. The molecule has 0 unspecified atom stereocenters. The van der Waals surface area contributed by atoms with E-state index in [-0.39, 0.29) is 11.4 Å². The number of nitrogens with zero attached hydrogens (tertiary/aromatic N) is 1. The fraction of sp³-hybridized carbons (Fsp3) is 0.0714. The maximum absolute atomic E-state index is 11.8. The van der Waals surface area contributed by atoms with Crippen molar-refractivity contribution >= 4 is 33.6 Å². The third kappa shape index (κ3) is 4.03. The van der Waals surface area contributed by atoms with Crippen molar-refractivity contribution in [1.29, 1.82) is 0 Å². The van der Waals surface area contributed by atoms with Crippen LogP contribution in [0.2, 0.25) is 0 Å². The maximum atomic E-state index is 11.8. The van der Waals surface area contributed by atoms with Crippen LogP contribution in [0, 0.1) is 0 Å². The summed E-state index contributed by atoms with van der Waals surface area (Å²) in [5.41, 5.74) is 0.862. The number of carbonyl (C=O) groups is 2. The molecule has 3 N–H and O–H groups in total. The predicted octanol–water partition coefficient (Wildman–Crippen LogP) is 2.86. The maximum Gasteiger partial charge on any atom is 0.356 e. The van der Waals surface area contributed by atoms with Crippen molar-refractivity contribution in [2.45, 2.75) is 6.54 Å². The minimum Gasteiger partial charge on any atom is -0.476 e. The normalized spacial score (nSPS) is 9.95.